The van der Waals surface area contributed by atoms with Gasteiger partial charge in [0.2, 0.25) is 5.92 Å². The number of rotatable bonds is 6. The molecule has 134 valence electrons. The Kier molecular flexibility index (Phi) is 5.41. The number of carbonyl (C=O) groups excluding carboxylic acids is 3. The molecule has 2 N–H and O–H groups in total. The molecule has 1 amide bonds. The number of carboxylic acid groups (broad SMARTS) is 1. The van der Waals surface area contributed by atoms with E-state index in [1.807, 2.05) is 6.07 Å². The Hall–Kier alpha value is -2.90. The van der Waals surface area contributed by atoms with Crippen LogP contribution in [0.5, 0.6) is 0 Å². The zero-order valence-corrected chi connectivity index (χ0v) is 13.9. The smallest absolute Gasteiger partial charge is 0.404 e. The average Bonchev–Trinajstić information content (AvgIpc) is 2.45. The van der Waals surface area contributed by atoms with Gasteiger partial charge < -0.3 is 19.9 Å². The van der Waals surface area contributed by atoms with Crippen LogP contribution >= 0.6 is 0 Å². The van der Waals surface area contributed by atoms with E-state index >= 15 is 0 Å². The quantitative estimate of drug-likeness (QED) is 0.586. The molecule has 0 aliphatic carbocycles. The first-order chi connectivity index (χ1) is 11.7. The fourth-order valence-electron chi connectivity index (χ4n) is 2.59. The van der Waals surface area contributed by atoms with E-state index in [-0.39, 0.29) is 12.8 Å². The molecule has 0 saturated carbocycles. The monoisotopic (exact) mass is 349 g/mol. The van der Waals surface area contributed by atoms with Crippen molar-refractivity contribution >= 4 is 23.8 Å². The maximum atomic E-state index is 12.4. The van der Waals surface area contributed by atoms with Crippen molar-refractivity contribution in [3.8, 4) is 0 Å². The van der Waals surface area contributed by atoms with Crippen molar-refractivity contribution < 1.29 is 33.8 Å². The van der Waals surface area contributed by atoms with E-state index in [0.29, 0.717) is 0 Å². The summed E-state index contributed by atoms with van der Waals surface area (Å²) < 4.78 is 9.84. The number of ketones is 1. The molecule has 1 saturated heterocycles. The number of hydrogen-bond acceptors (Lipinski definition) is 6. The van der Waals surface area contributed by atoms with Crippen LogP contribution in [-0.2, 0) is 30.3 Å². The molecule has 0 aromatic heterocycles. The van der Waals surface area contributed by atoms with Crippen molar-refractivity contribution in [3.05, 3.63) is 35.9 Å². The van der Waals surface area contributed by atoms with E-state index < -0.39 is 41.6 Å². The molecule has 1 aromatic rings. The molecule has 1 aromatic carbocycles. The number of ether oxygens (including phenoxy) is 2. The van der Waals surface area contributed by atoms with Gasteiger partial charge >= 0.3 is 18.0 Å². The number of amides is 1. The molecule has 1 atom stereocenters. The van der Waals surface area contributed by atoms with Crippen LogP contribution in [0.15, 0.2) is 30.3 Å². The van der Waals surface area contributed by atoms with Crippen LogP contribution in [0.25, 0.3) is 0 Å². The molecule has 8 nitrogen and oxygen atoms in total. The van der Waals surface area contributed by atoms with Crippen LogP contribution in [0.2, 0.25) is 0 Å². The van der Waals surface area contributed by atoms with Crippen molar-refractivity contribution in [3.63, 3.8) is 0 Å². The zero-order chi connectivity index (χ0) is 18.6. The van der Waals surface area contributed by atoms with Crippen molar-refractivity contribution in [2.75, 3.05) is 0 Å². The Morgan fingerprint density at radius 3 is 2.24 bits per heavy atom. The summed E-state index contributed by atoms with van der Waals surface area (Å²) in [6, 6.07) is 8.16. The van der Waals surface area contributed by atoms with Crippen molar-refractivity contribution in [1.29, 1.82) is 0 Å². The highest BCUT2D eigenvalue weighted by molar-refractivity contribution is 6.16. The van der Waals surface area contributed by atoms with Crippen molar-refractivity contribution in [2.45, 2.75) is 38.5 Å². The van der Waals surface area contributed by atoms with Gasteiger partial charge in [-0.1, -0.05) is 30.3 Å². The molecular formula is C17H19NO7. The third kappa shape index (κ3) is 5.03. The molecular weight excluding hydrogens is 330 g/mol. The molecule has 0 radical (unpaired) electrons. The molecule has 1 fully saturated rings. The lowest BCUT2D eigenvalue weighted by atomic mass is 9.94. The first kappa shape index (κ1) is 18.4. The topological polar surface area (TPSA) is 119 Å². The lowest BCUT2D eigenvalue weighted by Crippen LogP contribution is -2.50. The zero-order valence-electron chi connectivity index (χ0n) is 13.9. The van der Waals surface area contributed by atoms with E-state index in [2.05, 4.69) is 5.32 Å². The summed E-state index contributed by atoms with van der Waals surface area (Å²) in [5, 5.41) is 11.2. The fraction of sp³-hybridized carbons (Fsp3) is 0.412. The van der Waals surface area contributed by atoms with Crippen LogP contribution in [0.3, 0.4) is 0 Å². The van der Waals surface area contributed by atoms with Gasteiger partial charge in [0.1, 0.15) is 0 Å². The highest BCUT2D eigenvalue weighted by Gasteiger charge is 2.47. The van der Waals surface area contributed by atoms with Gasteiger partial charge in [0.15, 0.2) is 5.78 Å². The first-order valence-electron chi connectivity index (χ1n) is 7.70. The Balaban J connectivity index is 2.09. The van der Waals surface area contributed by atoms with Crippen LogP contribution < -0.4 is 5.32 Å². The molecule has 8 heteroatoms. The van der Waals surface area contributed by atoms with E-state index in [1.54, 1.807) is 24.3 Å². The summed E-state index contributed by atoms with van der Waals surface area (Å²) in [5.41, 5.74) is 0.809. The van der Waals surface area contributed by atoms with Crippen molar-refractivity contribution in [1.82, 2.24) is 5.32 Å². The molecule has 1 aliphatic rings. The van der Waals surface area contributed by atoms with Crippen LogP contribution in [-0.4, -0.2) is 40.8 Å². The van der Waals surface area contributed by atoms with E-state index in [1.165, 1.54) is 13.8 Å². The second-order valence-electron chi connectivity index (χ2n) is 6.18. The second-order valence-corrected chi connectivity index (χ2v) is 6.18. The number of Topliss-reactive ketones (excluding diaryl/α,β-unsaturated/α-hetero) is 1. The molecule has 1 unspecified atom stereocenters. The molecule has 1 heterocycles. The Bertz CT molecular complexity index is 663. The summed E-state index contributed by atoms with van der Waals surface area (Å²) in [6.45, 7) is 2.77. The highest BCUT2D eigenvalue weighted by Crippen LogP contribution is 2.25. The third-order valence-electron chi connectivity index (χ3n) is 3.59. The standard InChI is InChI=1S/C17H19NO7/c1-17(2)24-14(20)13(15(21)25-17)12(19)9-11(18-16(22)23)8-10-6-4-3-5-7-10/h3-7,11,13,18H,8-9H2,1-2H3,(H,22,23). The lowest BCUT2D eigenvalue weighted by Gasteiger charge is -2.32. The minimum atomic E-state index is -1.69. The van der Waals surface area contributed by atoms with Gasteiger partial charge in [-0.3, -0.25) is 14.4 Å². The van der Waals surface area contributed by atoms with Crippen LogP contribution in [0, 0.1) is 5.92 Å². The third-order valence-corrected chi connectivity index (χ3v) is 3.59. The summed E-state index contributed by atoms with van der Waals surface area (Å²) in [5.74, 6) is -5.84. The predicted molar refractivity (Wildman–Crippen MR) is 84.5 cm³/mol. The average molecular weight is 349 g/mol. The van der Waals surface area contributed by atoms with Gasteiger partial charge in [-0.25, -0.2) is 4.79 Å². The van der Waals surface area contributed by atoms with Gasteiger partial charge in [0.25, 0.3) is 5.79 Å². The van der Waals surface area contributed by atoms with E-state index in [0.717, 1.165) is 5.56 Å². The molecule has 2 rings (SSSR count). The van der Waals surface area contributed by atoms with E-state index in [9.17, 15) is 19.2 Å². The number of cyclic esters (lactones) is 2. The van der Waals surface area contributed by atoms with Gasteiger partial charge in [-0.05, 0) is 12.0 Å². The SMILES string of the molecule is CC1(C)OC(=O)C(C(=O)CC(Cc2ccccc2)NC(=O)O)C(=O)O1. The largest absolute Gasteiger partial charge is 0.465 e. The number of esters is 2. The summed E-state index contributed by atoms with van der Waals surface area (Å²) in [7, 11) is 0. The summed E-state index contributed by atoms with van der Waals surface area (Å²) in [6.07, 6.45) is -1.40. The molecule has 25 heavy (non-hydrogen) atoms. The number of carbonyl (C=O) groups is 4. The fourth-order valence-corrected chi connectivity index (χ4v) is 2.59. The minimum absolute atomic E-state index is 0.237. The van der Waals surface area contributed by atoms with Crippen LogP contribution in [0.1, 0.15) is 25.8 Å². The van der Waals surface area contributed by atoms with Gasteiger partial charge in [0, 0.05) is 26.3 Å². The Labute approximate surface area is 144 Å². The maximum absolute atomic E-state index is 12.4. The molecule has 1 aliphatic heterocycles. The van der Waals surface area contributed by atoms with Gasteiger partial charge in [-0.2, -0.15) is 0 Å². The second kappa shape index (κ2) is 7.33. The summed E-state index contributed by atoms with van der Waals surface area (Å²) >= 11 is 0. The maximum Gasteiger partial charge on any atom is 0.404 e. The first-order valence-corrected chi connectivity index (χ1v) is 7.70. The van der Waals surface area contributed by atoms with E-state index in [4.69, 9.17) is 14.6 Å². The molecule has 0 spiro atoms. The predicted octanol–water partition coefficient (Wildman–Crippen LogP) is 1.28. The van der Waals surface area contributed by atoms with Gasteiger partial charge in [-0.15, -0.1) is 0 Å². The number of benzene rings is 1. The highest BCUT2D eigenvalue weighted by atomic mass is 16.7. The Morgan fingerprint density at radius 2 is 1.72 bits per heavy atom. The molecule has 0 bridgehead atoms. The van der Waals surface area contributed by atoms with Crippen LogP contribution in [0.4, 0.5) is 4.79 Å². The minimum Gasteiger partial charge on any atom is -0.465 e. The number of hydrogen-bond donors (Lipinski definition) is 2. The lowest BCUT2D eigenvalue weighted by molar-refractivity contribution is -0.238. The Morgan fingerprint density at radius 1 is 1.16 bits per heavy atom. The number of nitrogens with one attached hydrogen (secondary N) is 1. The normalized spacial score (nSPS) is 18.0. The summed E-state index contributed by atoms with van der Waals surface area (Å²) in [4.78, 5) is 47.2. The van der Waals surface area contributed by atoms with Gasteiger partial charge in [0.05, 0.1) is 0 Å². The van der Waals surface area contributed by atoms with Crippen molar-refractivity contribution in [2.24, 2.45) is 5.92 Å².